The molecule has 2 fully saturated rings. The van der Waals surface area contributed by atoms with Crippen LogP contribution in [0.1, 0.15) is 35.3 Å². The van der Waals surface area contributed by atoms with Crippen LogP contribution in [-0.4, -0.2) is 54.6 Å². The second-order valence-corrected chi connectivity index (χ2v) is 9.74. The van der Waals surface area contributed by atoms with Gasteiger partial charge in [0.1, 0.15) is 5.69 Å². The first kappa shape index (κ1) is 19.4. The highest BCUT2D eigenvalue weighted by molar-refractivity contribution is 6.31. The maximum atomic E-state index is 13.6. The number of anilines is 1. The standard InChI is InChI=1S/C25H27ClN4O/c26-18-5-6-21-17(13-18)14-22(28-21)24(31)30-16-25(20-3-1-2-4-23(20)30)9-12-29(15-25)19-7-10-27-11-8-19/h1-6,13-14,19,27-28H,7-12,15-16H2/t25-/m0/s1. The van der Waals surface area contributed by atoms with E-state index in [1.807, 2.05) is 35.2 Å². The molecule has 4 heterocycles. The fourth-order valence-corrected chi connectivity index (χ4v) is 6.09. The van der Waals surface area contributed by atoms with Crippen molar-refractivity contribution < 1.29 is 4.79 Å². The number of fused-ring (bicyclic) bond motifs is 3. The lowest BCUT2D eigenvalue weighted by Gasteiger charge is -2.33. The zero-order valence-corrected chi connectivity index (χ0v) is 18.3. The predicted octanol–water partition coefficient (Wildman–Crippen LogP) is 4.18. The van der Waals surface area contributed by atoms with Crippen molar-refractivity contribution in [1.29, 1.82) is 0 Å². The Kier molecular flexibility index (Phi) is 4.60. The van der Waals surface area contributed by atoms with Crippen molar-refractivity contribution in [1.82, 2.24) is 15.2 Å². The van der Waals surface area contributed by atoms with Crippen molar-refractivity contribution in [2.45, 2.75) is 30.7 Å². The first-order chi connectivity index (χ1) is 15.1. The molecule has 2 N–H and O–H groups in total. The number of aromatic amines is 1. The lowest BCUT2D eigenvalue weighted by molar-refractivity contribution is 0.0980. The van der Waals surface area contributed by atoms with Crippen molar-refractivity contribution >= 4 is 34.1 Å². The largest absolute Gasteiger partial charge is 0.351 e. The Bertz CT molecular complexity index is 1150. The van der Waals surface area contributed by atoms with Crippen LogP contribution in [0.2, 0.25) is 5.02 Å². The average molecular weight is 435 g/mol. The maximum Gasteiger partial charge on any atom is 0.274 e. The molecule has 1 atom stereocenters. The van der Waals surface area contributed by atoms with Crippen LogP contribution in [0.5, 0.6) is 0 Å². The van der Waals surface area contributed by atoms with E-state index < -0.39 is 0 Å². The number of H-pyrrole nitrogens is 1. The van der Waals surface area contributed by atoms with Gasteiger partial charge in [0.05, 0.1) is 0 Å². The average Bonchev–Trinajstić information content (AvgIpc) is 3.50. The Morgan fingerprint density at radius 2 is 1.90 bits per heavy atom. The lowest BCUT2D eigenvalue weighted by Crippen LogP contribution is -2.44. The third-order valence-electron chi connectivity index (χ3n) is 7.49. The highest BCUT2D eigenvalue weighted by Crippen LogP contribution is 2.47. The number of benzene rings is 2. The molecule has 5 nitrogen and oxygen atoms in total. The van der Waals surface area contributed by atoms with Crippen LogP contribution in [0, 0.1) is 0 Å². The number of carbonyl (C=O) groups is 1. The number of likely N-dealkylation sites (tertiary alicyclic amines) is 1. The van der Waals surface area contributed by atoms with Crippen LogP contribution >= 0.6 is 11.6 Å². The highest BCUT2D eigenvalue weighted by Gasteiger charge is 2.49. The van der Waals surface area contributed by atoms with Crippen molar-refractivity contribution in [3.05, 3.63) is 64.8 Å². The van der Waals surface area contributed by atoms with Crippen LogP contribution in [0.4, 0.5) is 5.69 Å². The molecule has 3 aliphatic rings. The number of nitrogens with zero attached hydrogens (tertiary/aromatic N) is 2. The minimum absolute atomic E-state index is 0.0342. The predicted molar refractivity (Wildman–Crippen MR) is 125 cm³/mol. The zero-order valence-electron chi connectivity index (χ0n) is 17.5. The summed E-state index contributed by atoms with van der Waals surface area (Å²) in [5.41, 5.74) is 3.99. The van der Waals surface area contributed by atoms with Crippen molar-refractivity contribution in [2.75, 3.05) is 37.6 Å². The summed E-state index contributed by atoms with van der Waals surface area (Å²) in [5.74, 6) is 0.0389. The van der Waals surface area contributed by atoms with E-state index in [0.29, 0.717) is 16.8 Å². The van der Waals surface area contributed by atoms with E-state index in [-0.39, 0.29) is 11.3 Å². The van der Waals surface area contributed by atoms with Gasteiger partial charge in [0.15, 0.2) is 0 Å². The Morgan fingerprint density at radius 1 is 1.06 bits per heavy atom. The van der Waals surface area contributed by atoms with E-state index >= 15 is 0 Å². The number of piperidine rings is 1. The number of para-hydroxylation sites is 1. The fraction of sp³-hybridized carbons (Fsp3) is 0.400. The van der Waals surface area contributed by atoms with E-state index in [1.165, 1.54) is 18.4 Å². The van der Waals surface area contributed by atoms with Gasteiger partial charge in [-0.2, -0.15) is 0 Å². The zero-order chi connectivity index (χ0) is 21.0. The number of carbonyl (C=O) groups excluding carboxylic acids is 1. The highest BCUT2D eigenvalue weighted by atomic mass is 35.5. The van der Waals surface area contributed by atoms with E-state index in [1.54, 1.807) is 0 Å². The summed E-state index contributed by atoms with van der Waals surface area (Å²) in [4.78, 5) is 21.6. The molecule has 31 heavy (non-hydrogen) atoms. The Morgan fingerprint density at radius 3 is 2.77 bits per heavy atom. The first-order valence-electron chi connectivity index (χ1n) is 11.3. The molecular formula is C25H27ClN4O. The normalized spacial score (nSPS) is 24.4. The summed E-state index contributed by atoms with van der Waals surface area (Å²) in [6.45, 7) is 5.13. The molecule has 1 amide bonds. The topological polar surface area (TPSA) is 51.4 Å². The van der Waals surface area contributed by atoms with Crippen LogP contribution in [-0.2, 0) is 5.41 Å². The SMILES string of the molecule is O=C(c1cc2cc(Cl)ccc2[nH]1)N1C[C@@]2(CCN(C3CCNCC3)C2)c2ccccc21. The number of nitrogens with one attached hydrogen (secondary N) is 2. The van der Waals surface area contributed by atoms with Gasteiger partial charge >= 0.3 is 0 Å². The number of hydrogen-bond donors (Lipinski definition) is 2. The Balaban J connectivity index is 1.32. The molecule has 0 saturated carbocycles. The minimum Gasteiger partial charge on any atom is -0.351 e. The minimum atomic E-state index is 0.0342. The lowest BCUT2D eigenvalue weighted by atomic mass is 9.81. The maximum absolute atomic E-state index is 13.6. The first-order valence-corrected chi connectivity index (χ1v) is 11.7. The Labute approximate surface area is 187 Å². The van der Waals surface area contributed by atoms with Crippen LogP contribution < -0.4 is 10.2 Å². The van der Waals surface area contributed by atoms with E-state index in [9.17, 15) is 4.79 Å². The Hall–Kier alpha value is -2.34. The molecule has 160 valence electrons. The summed E-state index contributed by atoms with van der Waals surface area (Å²) in [6.07, 6.45) is 3.55. The third kappa shape index (κ3) is 3.18. The van der Waals surface area contributed by atoms with Gasteiger partial charge in [0.2, 0.25) is 0 Å². The van der Waals surface area contributed by atoms with E-state index in [4.69, 9.17) is 11.6 Å². The van der Waals surface area contributed by atoms with Gasteiger partial charge in [-0.15, -0.1) is 0 Å². The molecule has 6 heteroatoms. The molecule has 0 aliphatic carbocycles. The molecule has 0 bridgehead atoms. The van der Waals surface area contributed by atoms with Crippen LogP contribution in [0.3, 0.4) is 0 Å². The van der Waals surface area contributed by atoms with Gasteiger partial charge in [-0.05, 0) is 74.8 Å². The summed E-state index contributed by atoms with van der Waals surface area (Å²) in [5, 5.41) is 5.13. The summed E-state index contributed by atoms with van der Waals surface area (Å²) >= 11 is 6.14. The molecule has 1 aromatic heterocycles. The number of aromatic nitrogens is 1. The number of halogens is 1. The molecule has 0 radical (unpaired) electrons. The molecule has 2 saturated heterocycles. The quantitative estimate of drug-likeness (QED) is 0.636. The van der Waals surface area contributed by atoms with Crippen LogP contribution in [0.25, 0.3) is 10.9 Å². The molecule has 1 spiro atoms. The van der Waals surface area contributed by atoms with E-state index in [2.05, 4.69) is 33.4 Å². The van der Waals surface area contributed by atoms with Gasteiger partial charge in [0, 0.05) is 46.2 Å². The molecular weight excluding hydrogens is 408 g/mol. The van der Waals surface area contributed by atoms with Gasteiger partial charge in [-0.25, -0.2) is 0 Å². The van der Waals surface area contributed by atoms with Gasteiger partial charge in [0.25, 0.3) is 5.91 Å². The monoisotopic (exact) mass is 434 g/mol. The molecule has 3 aromatic rings. The fourth-order valence-electron chi connectivity index (χ4n) is 5.91. The van der Waals surface area contributed by atoms with E-state index in [0.717, 1.165) is 55.7 Å². The second-order valence-electron chi connectivity index (χ2n) is 9.31. The molecule has 0 unspecified atom stereocenters. The van der Waals surface area contributed by atoms with Gasteiger partial charge in [-0.1, -0.05) is 29.8 Å². The summed E-state index contributed by atoms with van der Waals surface area (Å²) in [7, 11) is 0. The van der Waals surface area contributed by atoms with Crippen molar-refractivity contribution in [3.63, 3.8) is 0 Å². The smallest absolute Gasteiger partial charge is 0.274 e. The van der Waals surface area contributed by atoms with Crippen molar-refractivity contribution in [3.8, 4) is 0 Å². The second kappa shape index (κ2) is 7.37. The third-order valence-corrected chi connectivity index (χ3v) is 7.73. The molecule has 3 aliphatic heterocycles. The van der Waals surface area contributed by atoms with Crippen molar-refractivity contribution in [2.24, 2.45) is 0 Å². The van der Waals surface area contributed by atoms with Gasteiger partial charge < -0.3 is 15.2 Å². The number of hydrogen-bond acceptors (Lipinski definition) is 3. The van der Waals surface area contributed by atoms with Gasteiger partial charge in [-0.3, -0.25) is 9.69 Å². The molecule has 6 rings (SSSR count). The number of rotatable bonds is 2. The summed E-state index contributed by atoms with van der Waals surface area (Å²) in [6, 6.07) is 16.8. The summed E-state index contributed by atoms with van der Waals surface area (Å²) < 4.78 is 0. The van der Waals surface area contributed by atoms with Crippen LogP contribution in [0.15, 0.2) is 48.5 Å². The number of amides is 1. The molecule has 2 aromatic carbocycles.